The zero-order valence-electron chi connectivity index (χ0n) is 20.1. The van der Waals surface area contributed by atoms with Crippen LogP contribution in [0.3, 0.4) is 0 Å². The molecule has 2 fully saturated rings. The first-order valence-electron chi connectivity index (χ1n) is 11.9. The van der Waals surface area contributed by atoms with Crippen LogP contribution in [0.2, 0.25) is 0 Å². The van der Waals surface area contributed by atoms with Gasteiger partial charge in [0, 0.05) is 11.8 Å². The number of alkyl halides is 5. The third kappa shape index (κ3) is 4.29. The van der Waals surface area contributed by atoms with Gasteiger partial charge in [0.2, 0.25) is 0 Å². The molecule has 1 aliphatic carbocycles. The Kier molecular flexibility index (Phi) is 6.31. The summed E-state index contributed by atoms with van der Waals surface area (Å²) >= 11 is 0. The van der Waals surface area contributed by atoms with Gasteiger partial charge in [-0.05, 0) is 26.7 Å². The Bertz CT molecular complexity index is 1400. The first kappa shape index (κ1) is 25.3. The van der Waals surface area contributed by atoms with E-state index in [4.69, 9.17) is 0 Å². The smallest absolute Gasteiger partial charge is 0.276 e. The highest BCUT2D eigenvalue weighted by Crippen LogP contribution is 2.44. The van der Waals surface area contributed by atoms with Gasteiger partial charge in [0.05, 0.1) is 35.6 Å². The average Bonchev–Trinajstić information content (AvgIpc) is 3.57. The van der Waals surface area contributed by atoms with Gasteiger partial charge in [-0.15, -0.1) is 0 Å². The molecule has 5 rings (SSSR count). The lowest BCUT2D eigenvalue weighted by Gasteiger charge is -2.25. The number of hydrogen-bond donors (Lipinski definition) is 1. The Morgan fingerprint density at radius 3 is 2.38 bits per heavy atom. The predicted molar refractivity (Wildman–Crippen MR) is 127 cm³/mol. The van der Waals surface area contributed by atoms with Crippen molar-refractivity contribution in [1.29, 1.82) is 0 Å². The maximum atomic E-state index is 14.8. The van der Waals surface area contributed by atoms with Crippen molar-refractivity contribution in [3.8, 4) is 0 Å². The number of fused-ring (bicyclic) bond motifs is 1. The highest BCUT2D eigenvalue weighted by Gasteiger charge is 2.47. The molecule has 2 aromatic heterocycles. The molecule has 3 heterocycles. The lowest BCUT2D eigenvalue weighted by molar-refractivity contribution is 0.146. The van der Waals surface area contributed by atoms with Crippen LogP contribution in [-0.2, 0) is 5.54 Å². The number of anilines is 2. The van der Waals surface area contributed by atoms with Crippen molar-refractivity contribution in [2.75, 3.05) is 30.0 Å². The molecule has 1 saturated carbocycles. The van der Waals surface area contributed by atoms with E-state index in [9.17, 15) is 31.1 Å². The monoisotopic (exact) mass is 525 g/mol. The van der Waals surface area contributed by atoms with Gasteiger partial charge in [0.15, 0.2) is 12.3 Å². The van der Waals surface area contributed by atoms with Crippen molar-refractivity contribution in [3.63, 3.8) is 0 Å². The van der Waals surface area contributed by atoms with E-state index in [2.05, 4.69) is 15.3 Å². The normalized spacial score (nSPS) is 21.6. The van der Waals surface area contributed by atoms with Crippen LogP contribution in [0.25, 0.3) is 10.9 Å². The van der Waals surface area contributed by atoms with Crippen LogP contribution in [0.4, 0.5) is 37.8 Å². The fourth-order valence-electron chi connectivity index (χ4n) is 4.88. The van der Waals surface area contributed by atoms with Crippen LogP contribution in [0.1, 0.15) is 49.2 Å². The number of halogens is 6. The Morgan fingerprint density at radius 2 is 1.78 bits per heavy atom. The molecule has 1 aliphatic heterocycles. The number of hydrogen-bond acceptors (Lipinski definition) is 5. The molecule has 12 heteroatoms. The van der Waals surface area contributed by atoms with Crippen molar-refractivity contribution in [1.82, 2.24) is 14.5 Å². The van der Waals surface area contributed by atoms with Crippen LogP contribution >= 0.6 is 0 Å². The third-order valence-electron chi connectivity index (χ3n) is 7.16. The van der Waals surface area contributed by atoms with Crippen molar-refractivity contribution in [2.45, 2.75) is 57.0 Å². The number of nitrogens with zero attached hydrogens (tertiary/aromatic N) is 4. The van der Waals surface area contributed by atoms with E-state index in [1.807, 2.05) is 0 Å². The minimum Gasteiger partial charge on any atom is -0.363 e. The molecule has 3 aromatic rings. The molecule has 2 aliphatic rings. The Hall–Kier alpha value is -3.31. The summed E-state index contributed by atoms with van der Waals surface area (Å²) in [6.45, 7) is 1.55. The van der Waals surface area contributed by atoms with Crippen LogP contribution in [0.15, 0.2) is 29.2 Å². The lowest BCUT2D eigenvalue weighted by atomic mass is 10.0. The zero-order chi connectivity index (χ0) is 26.6. The highest BCUT2D eigenvalue weighted by atomic mass is 19.3. The van der Waals surface area contributed by atoms with Gasteiger partial charge in [-0.1, -0.05) is 18.2 Å². The first-order chi connectivity index (χ1) is 17.6. The maximum absolute atomic E-state index is 14.8. The van der Waals surface area contributed by atoms with Crippen LogP contribution in [0, 0.1) is 12.7 Å². The van der Waals surface area contributed by atoms with Gasteiger partial charge in [-0.2, -0.15) is 0 Å². The molecule has 198 valence electrons. The average molecular weight is 525 g/mol. The molecule has 6 nitrogen and oxygen atoms in total. The summed E-state index contributed by atoms with van der Waals surface area (Å²) < 4.78 is 84.8. The van der Waals surface area contributed by atoms with Gasteiger partial charge in [0.25, 0.3) is 12.0 Å². The zero-order valence-corrected chi connectivity index (χ0v) is 20.1. The van der Waals surface area contributed by atoms with E-state index in [1.54, 1.807) is 13.8 Å². The standard InChI is InChI=1S/C25H25F6N5O/c1-12(14-4-3-5-15(19(14)29)22(30)31)32-23-16-8-36(25(11-26)6-7-25)24(37)21(20(16)33-13(2)34-23)35-9-17(27)18(28)10-35/h3-5,8,12,17-18,22H,6-7,9-11H2,1-2H3,(H,32,33,34)/t12-,17-,18+/m1/s1. The number of nitrogens with one attached hydrogen (secondary N) is 1. The minimum atomic E-state index is -3.00. The maximum Gasteiger partial charge on any atom is 0.276 e. The Morgan fingerprint density at radius 1 is 1.14 bits per heavy atom. The van der Waals surface area contributed by atoms with Gasteiger partial charge < -0.3 is 14.8 Å². The SMILES string of the molecule is Cc1nc(N[C@H](C)c2cccc(C(F)F)c2F)c2cn(C3(CF)CC3)c(=O)c(N3C[C@@H](F)[C@@H](F)C3)c2n1. The molecule has 3 atom stereocenters. The molecule has 0 amide bonds. The quantitative estimate of drug-likeness (QED) is 0.424. The first-order valence-corrected chi connectivity index (χ1v) is 11.9. The largest absolute Gasteiger partial charge is 0.363 e. The summed E-state index contributed by atoms with van der Waals surface area (Å²) in [6.07, 6.45) is -4.38. The molecule has 0 unspecified atom stereocenters. The third-order valence-corrected chi connectivity index (χ3v) is 7.16. The van der Waals surface area contributed by atoms with Crippen molar-refractivity contribution >= 4 is 22.4 Å². The Balaban J connectivity index is 1.67. The summed E-state index contributed by atoms with van der Waals surface area (Å²) in [6, 6.07) is 2.85. The Labute approximate surface area is 208 Å². The predicted octanol–water partition coefficient (Wildman–Crippen LogP) is 5.30. The number of aryl methyl sites for hydroxylation is 1. The number of rotatable bonds is 7. The van der Waals surface area contributed by atoms with E-state index >= 15 is 0 Å². The van der Waals surface area contributed by atoms with Crippen molar-refractivity contribution < 1.29 is 26.3 Å². The van der Waals surface area contributed by atoms with Crippen molar-refractivity contribution in [3.05, 3.63) is 57.5 Å². The summed E-state index contributed by atoms with van der Waals surface area (Å²) in [4.78, 5) is 23.6. The second-order valence-corrected chi connectivity index (χ2v) is 9.75. The molecular formula is C25H25F6N5O. The van der Waals surface area contributed by atoms with E-state index in [0.29, 0.717) is 12.8 Å². The van der Waals surface area contributed by atoms with Gasteiger partial charge >= 0.3 is 0 Å². The van der Waals surface area contributed by atoms with Gasteiger partial charge in [0.1, 0.15) is 35.3 Å². The van der Waals surface area contributed by atoms with Crippen LogP contribution in [0.5, 0.6) is 0 Å². The molecule has 0 radical (unpaired) electrons. The van der Waals surface area contributed by atoms with Crippen molar-refractivity contribution in [2.24, 2.45) is 0 Å². The van der Waals surface area contributed by atoms with Gasteiger partial charge in [-0.25, -0.2) is 36.3 Å². The van der Waals surface area contributed by atoms with E-state index < -0.39 is 54.0 Å². The topological polar surface area (TPSA) is 63.1 Å². The minimum absolute atomic E-state index is 0.0294. The van der Waals surface area contributed by atoms with Crippen LogP contribution < -0.4 is 15.8 Å². The number of aromatic nitrogens is 3. The summed E-state index contributed by atoms with van der Waals surface area (Å²) in [5.41, 5.74) is -2.40. The molecule has 1 aromatic carbocycles. The molecule has 0 bridgehead atoms. The lowest BCUT2D eigenvalue weighted by Crippen LogP contribution is -2.37. The van der Waals surface area contributed by atoms with E-state index in [0.717, 1.165) is 6.07 Å². The fraction of sp³-hybridized carbons (Fsp3) is 0.480. The summed E-state index contributed by atoms with van der Waals surface area (Å²) in [5.74, 6) is -0.698. The number of pyridine rings is 1. The summed E-state index contributed by atoms with van der Waals surface area (Å²) in [5, 5.41) is 3.27. The molecule has 37 heavy (non-hydrogen) atoms. The second-order valence-electron chi connectivity index (χ2n) is 9.75. The van der Waals surface area contributed by atoms with Crippen LogP contribution in [-0.4, -0.2) is 46.6 Å². The molecule has 0 spiro atoms. The summed E-state index contributed by atoms with van der Waals surface area (Å²) in [7, 11) is 0. The highest BCUT2D eigenvalue weighted by molar-refractivity contribution is 5.97. The van der Waals surface area contributed by atoms with E-state index in [-0.39, 0.29) is 46.9 Å². The molecule has 1 saturated heterocycles. The van der Waals surface area contributed by atoms with Gasteiger partial charge in [-0.3, -0.25) is 4.79 Å². The number of benzene rings is 1. The fourth-order valence-corrected chi connectivity index (χ4v) is 4.88. The van der Waals surface area contributed by atoms with E-state index in [1.165, 1.54) is 27.8 Å². The second kappa shape index (κ2) is 9.21. The molecular weight excluding hydrogens is 500 g/mol. The molecule has 1 N–H and O–H groups in total.